The molecule has 2 aromatic heterocycles. The van der Waals surface area contributed by atoms with E-state index in [0.717, 1.165) is 0 Å². The Labute approximate surface area is 113 Å². The number of nitrogen functional groups attached to an aromatic ring is 1. The maximum Gasteiger partial charge on any atom is 0.168 e. The number of fused-ring (bicyclic) bond motifs is 1. The van der Waals surface area contributed by atoms with E-state index in [4.69, 9.17) is 15.6 Å². The van der Waals surface area contributed by atoms with Crippen LogP contribution in [0.3, 0.4) is 0 Å². The fourth-order valence-electron chi connectivity index (χ4n) is 2.45. The second-order valence-corrected chi connectivity index (χ2v) is 4.82. The normalized spacial score (nSPS) is 30.1. The van der Waals surface area contributed by atoms with Crippen LogP contribution in [0.5, 0.6) is 0 Å². The lowest BCUT2D eigenvalue weighted by atomic mass is 9.99. The van der Waals surface area contributed by atoms with Gasteiger partial charge in [-0.1, -0.05) is 0 Å². The number of imidazole rings is 1. The lowest BCUT2D eigenvalue weighted by Gasteiger charge is -2.26. The minimum absolute atomic E-state index is 0.00902. The van der Waals surface area contributed by atoms with Gasteiger partial charge >= 0.3 is 0 Å². The lowest BCUT2D eigenvalue weighted by Crippen LogP contribution is -2.37. The Morgan fingerprint density at radius 1 is 1.50 bits per heavy atom. The summed E-state index contributed by atoms with van der Waals surface area (Å²) >= 11 is 0. The highest BCUT2D eigenvalue weighted by atomic mass is 19.1. The molecule has 1 fully saturated rings. The van der Waals surface area contributed by atoms with Crippen LogP contribution in [0, 0.1) is 0 Å². The Bertz CT molecular complexity index is 636. The molecule has 0 aliphatic carbocycles. The van der Waals surface area contributed by atoms with E-state index in [1.165, 1.54) is 17.2 Å². The van der Waals surface area contributed by atoms with Crippen molar-refractivity contribution in [2.24, 2.45) is 0 Å². The molecule has 1 saturated heterocycles. The number of aliphatic hydroxyl groups is 2. The zero-order valence-corrected chi connectivity index (χ0v) is 10.5. The van der Waals surface area contributed by atoms with Crippen LogP contribution < -0.4 is 5.73 Å². The molecule has 3 atom stereocenters. The van der Waals surface area contributed by atoms with Crippen molar-refractivity contribution in [2.75, 3.05) is 19.0 Å². The van der Waals surface area contributed by atoms with Gasteiger partial charge in [0, 0.05) is 6.42 Å². The van der Waals surface area contributed by atoms with Crippen molar-refractivity contribution in [3.63, 3.8) is 0 Å². The molecule has 9 heteroatoms. The molecule has 4 N–H and O–H groups in total. The molecule has 1 aliphatic rings. The van der Waals surface area contributed by atoms with Crippen LogP contribution >= 0.6 is 0 Å². The van der Waals surface area contributed by atoms with E-state index >= 15 is 0 Å². The summed E-state index contributed by atoms with van der Waals surface area (Å²) in [6.45, 7) is -1.31. The van der Waals surface area contributed by atoms with Gasteiger partial charge < -0.3 is 20.7 Å². The van der Waals surface area contributed by atoms with Crippen molar-refractivity contribution in [1.29, 1.82) is 0 Å². The number of hydrogen-bond acceptors (Lipinski definition) is 7. The van der Waals surface area contributed by atoms with Crippen LogP contribution in [0.25, 0.3) is 11.2 Å². The number of alkyl halides is 1. The third kappa shape index (κ3) is 1.82. The molecule has 0 bridgehead atoms. The molecular formula is C11H14FN5O3. The quantitative estimate of drug-likeness (QED) is 0.687. The minimum Gasteiger partial charge on any atom is -0.394 e. The average Bonchev–Trinajstić information content (AvgIpc) is 3.01. The third-order valence-corrected chi connectivity index (χ3v) is 3.44. The van der Waals surface area contributed by atoms with Gasteiger partial charge in [-0.05, 0) is 0 Å². The SMILES string of the molecule is Nc1ncnc2c1ncn2C1OC(CO)CC1(O)CF. The molecule has 3 heterocycles. The van der Waals surface area contributed by atoms with Crippen LogP contribution in [-0.2, 0) is 4.74 Å². The standard InChI is InChI=1S/C11H14FN5O3/c12-3-11(19)1-6(2-18)20-10(11)17-5-16-7-8(13)14-4-15-9(7)17/h4-6,10,18-19H,1-3H2,(H2,13,14,15). The van der Waals surface area contributed by atoms with Gasteiger partial charge in [0.2, 0.25) is 0 Å². The van der Waals surface area contributed by atoms with E-state index in [1.807, 2.05) is 0 Å². The Kier molecular flexibility index (Phi) is 3.04. The fraction of sp³-hybridized carbons (Fsp3) is 0.545. The van der Waals surface area contributed by atoms with E-state index in [2.05, 4.69) is 15.0 Å². The highest BCUT2D eigenvalue weighted by molar-refractivity contribution is 5.81. The molecule has 3 unspecified atom stereocenters. The van der Waals surface area contributed by atoms with Crippen LogP contribution in [0.2, 0.25) is 0 Å². The summed E-state index contributed by atoms with van der Waals surface area (Å²) in [5, 5.41) is 19.5. The van der Waals surface area contributed by atoms with E-state index < -0.39 is 24.6 Å². The summed E-state index contributed by atoms with van der Waals surface area (Å²) in [5.74, 6) is 0.189. The van der Waals surface area contributed by atoms with Gasteiger partial charge in [0.1, 0.15) is 24.1 Å². The molecule has 8 nitrogen and oxygen atoms in total. The Morgan fingerprint density at radius 2 is 2.30 bits per heavy atom. The summed E-state index contributed by atoms with van der Waals surface area (Å²) in [7, 11) is 0. The topological polar surface area (TPSA) is 119 Å². The van der Waals surface area contributed by atoms with Crippen molar-refractivity contribution in [3.8, 4) is 0 Å². The van der Waals surface area contributed by atoms with Crippen LogP contribution in [0.15, 0.2) is 12.7 Å². The number of rotatable bonds is 3. The van der Waals surface area contributed by atoms with Gasteiger partial charge in [0.05, 0.1) is 19.0 Å². The highest BCUT2D eigenvalue weighted by Gasteiger charge is 2.49. The Morgan fingerprint density at radius 3 is 3.00 bits per heavy atom. The minimum atomic E-state index is -1.74. The molecule has 1 aliphatic heterocycles. The van der Waals surface area contributed by atoms with E-state index in [-0.39, 0.29) is 18.8 Å². The van der Waals surface area contributed by atoms with Crippen molar-refractivity contribution < 1.29 is 19.3 Å². The van der Waals surface area contributed by atoms with Crippen LogP contribution in [0.1, 0.15) is 12.6 Å². The Hall–Kier alpha value is -1.84. The first-order valence-corrected chi connectivity index (χ1v) is 6.06. The number of hydrogen-bond donors (Lipinski definition) is 3. The monoisotopic (exact) mass is 283 g/mol. The first-order chi connectivity index (χ1) is 9.59. The van der Waals surface area contributed by atoms with Gasteiger partial charge in [-0.3, -0.25) is 4.57 Å². The summed E-state index contributed by atoms with van der Waals surface area (Å²) in [4.78, 5) is 11.9. The average molecular weight is 283 g/mol. The molecule has 2 aromatic rings. The van der Waals surface area contributed by atoms with E-state index in [1.54, 1.807) is 0 Å². The molecule has 108 valence electrons. The van der Waals surface area contributed by atoms with Crippen molar-refractivity contribution in [3.05, 3.63) is 12.7 Å². The second-order valence-electron chi connectivity index (χ2n) is 4.82. The van der Waals surface area contributed by atoms with Gasteiger partial charge in [-0.25, -0.2) is 19.3 Å². The summed E-state index contributed by atoms with van der Waals surface area (Å²) in [6, 6.07) is 0. The molecule has 0 amide bonds. The van der Waals surface area contributed by atoms with Gasteiger partial charge in [-0.2, -0.15) is 0 Å². The predicted molar refractivity (Wildman–Crippen MR) is 66.3 cm³/mol. The highest BCUT2D eigenvalue weighted by Crippen LogP contribution is 2.39. The zero-order valence-electron chi connectivity index (χ0n) is 10.5. The summed E-state index contributed by atoms with van der Waals surface area (Å²) in [6.07, 6.45) is 0.940. The maximum atomic E-state index is 13.2. The first kappa shape index (κ1) is 13.2. The van der Waals surface area contributed by atoms with Gasteiger partial charge in [0.25, 0.3) is 0 Å². The van der Waals surface area contributed by atoms with E-state index in [9.17, 15) is 9.50 Å². The predicted octanol–water partition coefficient (Wildman–Crippen LogP) is -0.611. The van der Waals surface area contributed by atoms with Crippen LogP contribution in [-0.4, -0.2) is 54.7 Å². The summed E-state index contributed by atoms with van der Waals surface area (Å²) in [5.41, 5.74) is 4.63. The van der Waals surface area contributed by atoms with Gasteiger partial charge in [0.15, 0.2) is 17.7 Å². The number of aliphatic hydroxyl groups excluding tert-OH is 1. The molecule has 0 saturated carbocycles. The second kappa shape index (κ2) is 4.62. The van der Waals surface area contributed by atoms with Gasteiger partial charge in [-0.15, -0.1) is 0 Å². The number of halogens is 1. The Balaban J connectivity index is 2.08. The van der Waals surface area contributed by atoms with Crippen molar-refractivity contribution >= 4 is 17.0 Å². The zero-order chi connectivity index (χ0) is 14.3. The molecule has 3 rings (SSSR count). The lowest BCUT2D eigenvalue weighted by molar-refractivity contribution is -0.102. The smallest absolute Gasteiger partial charge is 0.168 e. The number of ether oxygens (including phenoxy) is 1. The molecule has 20 heavy (non-hydrogen) atoms. The van der Waals surface area contributed by atoms with Crippen molar-refractivity contribution in [2.45, 2.75) is 24.4 Å². The van der Waals surface area contributed by atoms with Crippen LogP contribution in [0.4, 0.5) is 10.2 Å². The number of aromatic nitrogens is 4. The molecular weight excluding hydrogens is 269 g/mol. The number of anilines is 1. The molecule has 0 radical (unpaired) electrons. The first-order valence-electron chi connectivity index (χ1n) is 6.06. The molecule has 0 spiro atoms. The third-order valence-electron chi connectivity index (χ3n) is 3.44. The number of nitrogens with two attached hydrogens (primary N) is 1. The molecule has 0 aromatic carbocycles. The number of nitrogens with zero attached hydrogens (tertiary/aromatic N) is 4. The maximum absolute atomic E-state index is 13.2. The van der Waals surface area contributed by atoms with E-state index in [0.29, 0.717) is 11.2 Å². The van der Waals surface area contributed by atoms with Crippen molar-refractivity contribution in [1.82, 2.24) is 19.5 Å². The fourth-order valence-corrected chi connectivity index (χ4v) is 2.45. The largest absolute Gasteiger partial charge is 0.394 e. The summed E-state index contributed by atoms with van der Waals surface area (Å²) < 4.78 is 20.1.